The van der Waals surface area contributed by atoms with Gasteiger partial charge in [0.1, 0.15) is 12.4 Å². The van der Waals surface area contributed by atoms with E-state index in [-0.39, 0.29) is 5.91 Å². The van der Waals surface area contributed by atoms with E-state index < -0.39 is 6.04 Å². The van der Waals surface area contributed by atoms with E-state index in [9.17, 15) is 4.79 Å². The predicted octanol–water partition coefficient (Wildman–Crippen LogP) is 2.02. The highest BCUT2D eigenvalue weighted by Crippen LogP contribution is 2.15. The number of rotatable bonds is 8. The molecule has 2 aromatic heterocycles. The number of tetrazole rings is 1. The number of nitrogens with zero attached hydrogens (tertiary/aromatic N) is 6. The molecule has 0 spiro atoms. The zero-order valence-electron chi connectivity index (χ0n) is 15.8. The normalized spacial score (nSPS) is 11.9. The van der Waals surface area contributed by atoms with Gasteiger partial charge in [0.2, 0.25) is 5.91 Å². The van der Waals surface area contributed by atoms with Crippen molar-refractivity contribution >= 4 is 5.91 Å². The van der Waals surface area contributed by atoms with Gasteiger partial charge in [-0.05, 0) is 33.2 Å². The van der Waals surface area contributed by atoms with Crippen LogP contribution in [0.2, 0.25) is 0 Å². The largest absolute Gasteiger partial charge is 0.350 e. The van der Waals surface area contributed by atoms with Crippen LogP contribution in [0.5, 0.6) is 0 Å². The molecule has 0 aliphatic heterocycles. The molecule has 0 radical (unpaired) electrons. The molecular formula is C21H21N7O. The molecule has 2 heterocycles. The summed E-state index contributed by atoms with van der Waals surface area (Å²) in [6, 6.07) is 19.2. The van der Waals surface area contributed by atoms with Crippen molar-refractivity contribution in [3.8, 4) is 0 Å². The minimum Gasteiger partial charge on any atom is -0.350 e. The summed E-state index contributed by atoms with van der Waals surface area (Å²) in [5.74, 6) is -0.130. The van der Waals surface area contributed by atoms with Crippen LogP contribution < -0.4 is 5.32 Å². The number of aromatic nitrogens is 6. The zero-order valence-corrected chi connectivity index (χ0v) is 15.8. The lowest BCUT2D eigenvalue weighted by atomic mass is 10.0. The maximum Gasteiger partial charge on any atom is 0.245 e. The zero-order chi connectivity index (χ0) is 19.9. The lowest BCUT2D eigenvalue weighted by Crippen LogP contribution is -2.34. The first-order chi connectivity index (χ1) is 14.3. The molecular weight excluding hydrogens is 366 g/mol. The molecule has 4 aromatic rings. The second kappa shape index (κ2) is 8.92. The summed E-state index contributed by atoms with van der Waals surface area (Å²) in [5.41, 5.74) is 3.20. The van der Waals surface area contributed by atoms with Gasteiger partial charge in [-0.15, -0.1) is 5.10 Å². The first kappa shape index (κ1) is 18.5. The smallest absolute Gasteiger partial charge is 0.245 e. The average Bonchev–Trinajstić information content (AvgIpc) is 3.46. The van der Waals surface area contributed by atoms with Gasteiger partial charge in [0.05, 0.1) is 6.54 Å². The average molecular weight is 387 g/mol. The topological polar surface area (TPSA) is 90.5 Å². The SMILES string of the molecule is O=C(NCc1ccccc1Cn1cccn1)[C@@H](Cc1ccccc1)n1cnnn1. The van der Waals surface area contributed by atoms with Crippen molar-refractivity contribution in [1.82, 2.24) is 35.3 Å². The Balaban J connectivity index is 1.47. The van der Waals surface area contributed by atoms with E-state index >= 15 is 0 Å². The van der Waals surface area contributed by atoms with Crippen LogP contribution in [0.4, 0.5) is 0 Å². The van der Waals surface area contributed by atoms with Crippen molar-refractivity contribution < 1.29 is 4.79 Å². The molecule has 0 aliphatic rings. The number of hydrogen-bond acceptors (Lipinski definition) is 5. The first-order valence-corrected chi connectivity index (χ1v) is 9.38. The van der Waals surface area contributed by atoms with Crippen LogP contribution in [0.15, 0.2) is 79.4 Å². The maximum atomic E-state index is 13.0. The fourth-order valence-corrected chi connectivity index (χ4v) is 3.21. The highest BCUT2D eigenvalue weighted by atomic mass is 16.2. The van der Waals surface area contributed by atoms with Gasteiger partial charge in [-0.3, -0.25) is 9.48 Å². The van der Waals surface area contributed by atoms with E-state index in [2.05, 4.69) is 25.9 Å². The molecule has 0 fully saturated rings. The van der Waals surface area contributed by atoms with Crippen molar-refractivity contribution in [1.29, 1.82) is 0 Å². The van der Waals surface area contributed by atoms with E-state index in [1.165, 1.54) is 11.0 Å². The lowest BCUT2D eigenvalue weighted by Gasteiger charge is -2.17. The molecule has 0 aliphatic carbocycles. The van der Waals surface area contributed by atoms with Crippen molar-refractivity contribution in [2.45, 2.75) is 25.6 Å². The summed E-state index contributed by atoms with van der Waals surface area (Å²) in [7, 11) is 0. The molecule has 146 valence electrons. The van der Waals surface area contributed by atoms with Crippen LogP contribution in [0.1, 0.15) is 22.7 Å². The fourth-order valence-electron chi connectivity index (χ4n) is 3.21. The maximum absolute atomic E-state index is 13.0. The molecule has 29 heavy (non-hydrogen) atoms. The predicted molar refractivity (Wildman–Crippen MR) is 107 cm³/mol. The minimum absolute atomic E-state index is 0.130. The van der Waals surface area contributed by atoms with Gasteiger partial charge in [0, 0.05) is 25.4 Å². The van der Waals surface area contributed by atoms with Gasteiger partial charge >= 0.3 is 0 Å². The standard InChI is InChI=1S/C21H21N7O/c29-21(20(28-16-23-25-26-28)13-17-7-2-1-3-8-17)22-14-18-9-4-5-10-19(18)15-27-12-6-11-24-27/h1-12,16,20H,13-15H2,(H,22,29)/t20-/m1/s1. The summed E-state index contributed by atoms with van der Waals surface area (Å²) in [5, 5.41) is 18.6. The van der Waals surface area contributed by atoms with Crippen LogP contribution in [-0.2, 0) is 24.3 Å². The Labute approximate surface area is 168 Å². The molecule has 1 atom stereocenters. The Morgan fingerprint density at radius 2 is 1.79 bits per heavy atom. The van der Waals surface area contributed by atoms with Gasteiger partial charge in [-0.1, -0.05) is 54.6 Å². The fraction of sp³-hybridized carbons (Fsp3) is 0.190. The van der Waals surface area contributed by atoms with E-state index in [0.717, 1.165) is 16.7 Å². The first-order valence-electron chi connectivity index (χ1n) is 9.38. The van der Waals surface area contributed by atoms with Gasteiger partial charge < -0.3 is 5.32 Å². The molecule has 8 heteroatoms. The summed E-state index contributed by atoms with van der Waals surface area (Å²) < 4.78 is 3.36. The van der Waals surface area contributed by atoms with Gasteiger partial charge in [-0.2, -0.15) is 5.10 Å². The molecule has 0 unspecified atom stereocenters. The van der Waals surface area contributed by atoms with Crippen LogP contribution >= 0.6 is 0 Å². The molecule has 0 saturated heterocycles. The van der Waals surface area contributed by atoms with E-state index in [4.69, 9.17) is 0 Å². The summed E-state index contributed by atoms with van der Waals surface area (Å²) >= 11 is 0. The Hall–Kier alpha value is -3.81. The Morgan fingerprint density at radius 1 is 1.00 bits per heavy atom. The molecule has 2 aromatic carbocycles. The minimum atomic E-state index is -0.523. The van der Waals surface area contributed by atoms with E-state index in [0.29, 0.717) is 19.5 Å². The van der Waals surface area contributed by atoms with Gasteiger partial charge in [-0.25, -0.2) is 4.68 Å². The van der Waals surface area contributed by atoms with E-state index in [1.54, 1.807) is 6.20 Å². The summed E-state index contributed by atoms with van der Waals surface area (Å²) in [4.78, 5) is 13.0. The second-order valence-electron chi connectivity index (χ2n) is 6.69. The number of nitrogens with one attached hydrogen (secondary N) is 1. The van der Waals surface area contributed by atoms with Crippen LogP contribution in [0, 0.1) is 0 Å². The third-order valence-electron chi connectivity index (χ3n) is 4.72. The Bertz CT molecular complexity index is 1030. The van der Waals surface area contributed by atoms with Crippen LogP contribution in [0.3, 0.4) is 0 Å². The molecule has 8 nitrogen and oxygen atoms in total. The molecule has 1 N–H and O–H groups in total. The van der Waals surface area contributed by atoms with Gasteiger partial charge in [0.15, 0.2) is 0 Å². The number of hydrogen-bond donors (Lipinski definition) is 1. The third-order valence-corrected chi connectivity index (χ3v) is 4.72. The summed E-state index contributed by atoms with van der Waals surface area (Å²) in [6.07, 6.45) is 5.65. The van der Waals surface area contributed by atoms with Crippen molar-refractivity contribution in [2.24, 2.45) is 0 Å². The monoisotopic (exact) mass is 387 g/mol. The quantitative estimate of drug-likeness (QED) is 0.499. The highest BCUT2D eigenvalue weighted by Gasteiger charge is 2.22. The number of carbonyl (C=O) groups is 1. The Morgan fingerprint density at radius 3 is 2.52 bits per heavy atom. The molecule has 1 amide bonds. The highest BCUT2D eigenvalue weighted by molar-refractivity contribution is 5.80. The number of benzene rings is 2. The van der Waals surface area contributed by atoms with Crippen molar-refractivity contribution in [3.05, 3.63) is 96.1 Å². The summed E-state index contributed by atoms with van der Waals surface area (Å²) in [6.45, 7) is 1.07. The van der Waals surface area contributed by atoms with Crippen molar-refractivity contribution in [3.63, 3.8) is 0 Å². The van der Waals surface area contributed by atoms with Crippen LogP contribution in [-0.4, -0.2) is 35.9 Å². The van der Waals surface area contributed by atoms with Crippen LogP contribution in [0.25, 0.3) is 0 Å². The van der Waals surface area contributed by atoms with Gasteiger partial charge in [0.25, 0.3) is 0 Å². The van der Waals surface area contributed by atoms with E-state index in [1.807, 2.05) is 71.5 Å². The lowest BCUT2D eigenvalue weighted by molar-refractivity contribution is -0.124. The third kappa shape index (κ3) is 4.73. The Kier molecular flexibility index (Phi) is 5.70. The molecule has 4 rings (SSSR count). The number of amides is 1. The molecule has 0 saturated carbocycles. The molecule has 0 bridgehead atoms. The second-order valence-corrected chi connectivity index (χ2v) is 6.69. The number of carbonyl (C=O) groups excluding carboxylic acids is 1. The van der Waals surface area contributed by atoms with Crippen molar-refractivity contribution in [2.75, 3.05) is 0 Å².